The molecule has 0 aliphatic rings. The lowest BCUT2D eigenvalue weighted by molar-refractivity contribution is 0.626. The maximum atomic E-state index is 13.0. The van der Waals surface area contributed by atoms with Gasteiger partial charge in [-0.2, -0.15) is 0 Å². The molecule has 0 aromatic heterocycles. The van der Waals surface area contributed by atoms with Gasteiger partial charge in [-0.15, -0.1) is 11.8 Å². The van der Waals surface area contributed by atoms with Gasteiger partial charge in [0.2, 0.25) is 0 Å². The zero-order chi connectivity index (χ0) is 18.8. The molecule has 0 saturated carbocycles. The minimum atomic E-state index is -0.208. The average molecular weight is 388 g/mol. The molecular formula is C22H26FNS2. The maximum Gasteiger partial charge on any atom is 0.123 e. The second-order valence-electron chi connectivity index (χ2n) is 6.27. The van der Waals surface area contributed by atoms with Crippen molar-refractivity contribution in [3.05, 3.63) is 71.4 Å². The molecule has 138 valence electrons. The molecule has 0 atom stereocenters. The van der Waals surface area contributed by atoms with Crippen molar-refractivity contribution < 1.29 is 4.39 Å². The van der Waals surface area contributed by atoms with Crippen LogP contribution in [-0.2, 0) is 0 Å². The fourth-order valence-electron chi connectivity index (χ4n) is 2.18. The summed E-state index contributed by atoms with van der Waals surface area (Å²) in [5.74, 6) is 1.38. The molecule has 4 heteroatoms. The van der Waals surface area contributed by atoms with Crippen LogP contribution < -0.4 is 0 Å². The molecule has 2 aromatic carbocycles. The number of hydrogen-bond donors (Lipinski definition) is 0. The first-order valence-electron chi connectivity index (χ1n) is 8.98. The van der Waals surface area contributed by atoms with E-state index in [1.165, 1.54) is 30.5 Å². The first-order valence-corrected chi connectivity index (χ1v) is 10.8. The lowest BCUT2D eigenvalue weighted by Gasteiger charge is -2.06. The van der Waals surface area contributed by atoms with Gasteiger partial charge in [-0.3, -0.25) is 0 Å². The highest BCUT2D eigenvalue weighted by atomic mass is 32.2. The first kappa shape index (κ1) is 20.8. The molecule has 2 aromatic rings. The number of thioether (sulfide) groups is 2. The first-order chi connectivity index (χ1) is 12.6. The highest BCUT2D eigenvalue weighted by Gasteiger charge is 2.01. The Balaban J connectivity index is 2.08. The summed E-state index contributed by atoms with van der Waals surface area (Å²) in [6, 6.07) is 15.0. The lowest BCUT2D eigenvalue weighted by atomic mass is 10.0. The van der Waals surface area contributed by atoms with Crippen molar-refractivity contribution in [1.82, 2.24) is 0 Å². The van der Waals surface area contributed by atoms with Crippen LogP contribution in [0.3, 0.4) is 0 Å². The molecule has 0 N–H and O–H groups in total. The van der Waals surface area contributed by atoms with Gasteiger partial charge >= 0.3 is 0 Å². The molecule has 0 amide bonds. The summed E-state index contributed by atoms with van der Waals surface area (Å²) < 4.78 is 13.0. The molecule has 0 fully saturated rings. The number of benzene rings is 2. The third-order valence-electron chi connectivity index (χ3n) is 3.78. The smallest absolute Gasteiger partial charge is 0.123 e. The number of halogens is 1. The van der Waals surface area contributed by atoms with Crippen molar-refractivity contribution in [2.45, 2.75) is 44.4 Å². The number of aliphatic imine (C=N–C) groups is 1. The molecule has 0 aliphatic heterocycles. The summed E-state index contributed by atoms with van der Waals surface area (Å²) >= 11 is 3.35. The fraction of sp³-hybridized carbons (Fsp3) is 0.318. The van der Waals surface area contributed by atoms with E-state index >= 15 is 0 Å². The second-order valence-corrected chi connectivity index (χ2v) is 8.37. The molecule has 1 nitrogen and oxygen atoms in total. The van der Waals surface area contributed by atoms with Crippen molar-refractivity contribution in [1.29, 1.82) is 0 Å². The Labute approximate surface area is 165 Å². The summed E-state index contributed by atoms with van der Waals surface area (Å²) in [6.45, 7) is 6.58. The van der Waals surface area contributed by atoms with Gasteiger partial charge in [0.1, 0.15) is 5.82 Å². The van der Waals surface area contributed by atoms with Gasteiger partial charge in [0, 0.05) is 4.90 Å². The van der Waals surface area contributed by atoms with Crippen molar-refractivity contribution in [2.24, 2.45) is 4.99 Å². The van der Waals surface area contributed by atoms with E-state index in [1.54, 1.807) is 35.7 Å². The zero-order valence-corrected chi connectivity index (χ0v) is 17.2. The van der Waals surface area contributed by atoms with Crippen LogP contribution in [0.5, 0.6) is 0 Å². The number of rotatable bonds is 8. The molecular weight excluding hydrogens is 361 g/mol. The standard InChI is InChI=1S/C22H26FNS2/c1-4-5-15-26-22(14-16-25-21-12-8-19(23)9-13-21)24-20-10-6-18(7-11-20)17(2)3/h6-14,16-17H,4-5,15H2,1-3H3. The molecule has 2 rings (SSSR count). The van der Waals surface area contributed by atoms with Gasteiger partial charge in [-0.25, -0.2) is 9.38 Å². The lowest BCUT2D eigenvalue weighted by Crippen LogP contribution is -1.90. The molecule has 0 bridgehead atoms. The van der Waals surface area contributed by atoms with Gasteiger partial charge in [0.25, 0.3) is 0 Å². The number of nitrogens with zero attached hydrogens (tertiary/aromatic N) is 1. The van der Waals surface area contributed by atoms with E-state index in [1.807, 2.05) is 11.5 Å². The Bertz CT molecular complexity index is 719. The van der Waals surface area contributed by atoms with E-state index in [9.17, 15) is 4.39 Å². The molecule has 0 unspecified atom stereocenters. The second kappa shape index (κ2) is 11.2. The molecule has 0 heterocycles. The maximum absolute atomic E-state index is 13.0. The summed E-state index contributed by atoms with van der Waals surface area (Å²) in [5.41, 5.74) is 2.30. The largest absolute Gasteiger partial charge is 0.242 e. The number of hydrogen-bond acceptors (Lipinski definition) is 3. The van der Waals surface area contributed by atoms with Gasteiger partial charge in [-0.1, -0.05) is 51.1 Å². The minimum absolute atomic E-state index is 0.208. The number of unbranched alkanes of at least 4 members (excludes halogenated alkanes) is 1. The predicted octanol–water partition coefficient (Wildman–Crippen LogP) is 7.82. The third kappa shape index (κ3) is 7.38. The molecule has 26 heavy (non-hydrogen) atoms. The van der Waals surface area contributed by atoms with Crippen LogP contribution in [0.15, 0.2) is 69.9 Å². The van der Waals surface area contributed by atoms with Crippen molar-refractivity contribution >= 4 is 34.3 Å². The molecule has 0 saturated heterocycles. The van der Waals surface area contributed by atoms with Gasteiger partial charge in [0.15, 0.2) is 0 Å². The highest BCUT2D eigenvalue weighted by molar-refractivity contribution is 8.14. The van der Waals surface area contributed by atoms with Crippen molar-refractivity contribution in [3.63, 3.8) is 0 Å². The summed E-state index contributed by atoms with van der Waals surface area (Å²) in [6.07, 6.45) is 4.40. The normalized spacial score (nSPS) is 12.3. The van der Waals surface area contributed by atoms with Crippen LogP contribution in [0, 0.1) is 5.82 Å². The SMILES string of the molecule is CCCCSC(C=CSc1ccc(F)cc1)=Nc1ccc(C(C)C)cc1. The quantitative estimate of drug-likeness (QED) is 0.198. The van der Waals surface area contributed by atoms with E-state index in [-0.39, 0.29) is 5.82 Å². The Hall–Kier alpha value is -1.52. The van der Waals surface area contributed by atoms with Crippen LogP contribution in [-0.4, -0.2) is 10.8 Å². The third-order valence-corrected chi connectivity index (χ3v) is 5.61. The zero-order valence-electron chi connectivity index (χ0n) is 15.6. The fourth-order valence-corrected chi connectivity index (χ4v) is 3.89. The Morgan fingerprint density at radius 2 is 1.77 bits per heavy atom. The van der Waals surface area contributed by atoms with E-state index in [0.29, 0.717) is 5.92 Å². The summed E-state index contributed by atoms with van der Waals surface area (Å²) in [4.78, 5) is 5.81. The van der Waals surface area contributed by atoms with E-state index in [4.69, 9.17) is 4.99 Å². The Morgan fingerprint density at radius 3 is 2.38 bits per heavy atom. The molecule has 0 radical (unpaired) electrons. The molecule has 0 aliphatic carbocycles. The van der Waals surface area contributed by atoms with E-state index < -0.39 is 0 Å². The Kier molecular flexibility index (Phi) is 8.99. The van der Waals surface area contributed by atoms with Crippen molar-refractivity contribution in [2.75, 3.05) is 5.75 Å². The van der Waals surface area contributed by atoms with Gasteiger partial charge in [0.05, 0.1) is 10.7 Å². The van der Waals surface area contributed by atoms with E-state index in [0.717, 1.165) is 21.4 Å². The van der Waals surface area contributed by atoms with Crippen LogP contribution in [0.25, 0.3) is 0 Å². The van der Waals surface area contributed by atoms with E-state index in [2.05, 4.69) is 45.0 Å². The highest BCUT2D eigenvalue weighted by Crippen LogP contribution is 2.23. The van der Waals surface area contributed by atoms with Crippen LogP contribution in [0.4, 0.5) is 10.1 Å². The van der Waals surface area contributed by atoms with Crippen LogP contribution >= 0.6 is 23.5 Å². The van der Waals surface area contributed by atoms with Gasteiger partial charge in [-0.05, 0) is 71.5 Å². The van der Waals surface area contributed by atoms with Gasteiger partial charge < -0.3 is 0 Å². The van der Waals surface area contributed by atoms with Crippen LogP contribution in [0.1, 0.15) is 45.1 Å². The topological polar surface area (TPSA) is 12.4 Å². The predicted molar refractivity (Wildman–Crippen MR) is 116 cm³/mol. The average Bonchev–Trinajstić information content (AvgIpc) is 2.64. The minimum Gasteiger partial charge on any atom is -0.242 e. The monoisotopic (exact) mass is 387 g/mol. The molecule has 0 spiro atoms. The Morgan fingerprint density at radius 1 is 1.08 bits per heavy atom. The van der Waals surface area contributed by atoms with Crippen LogP contribution in [0.2, 0.25) is 0 Å². The van der Waals surface area contributed by atoms with Crippen molar-refractivity contribution in [3.8, 4) is 0 Å². The summed E-state index contributed by atoms with van der Waals surface area (Å²) in [7, 11) is 0. The summed E-state index contributed by atoms with van der Waals surface area (Å²) in [5, 5.41) is 3.03.